The van der Waals surface area contributed by atoms with Crippen molar-refractivity contribution in [3.63, 3.8) is 0 Å². The third kappa shape index (κ3) is 4.13. The van der Waals surface area contributed by atoms with Crippen molar-refractivity contribution < 1.29 is 23.9 Å². The van der Waals surface area contributed by atoms with Crippen LogP contribution >= 0.6 is 0 Å². The first-order valence-corrected chi connectivity index (χ1v) is 7.95. The van der Waals surface area contributed by atoms with Crippen LogP contribution in [0.4, 0.5) is 4.79 Å². The van der Waals surface area contributed by atoms with Crippen LogP contribution in [0.3, 0.4) is 0 Å². The number of rotatable bonds is 3. The average Bonchev–Trinajstić information content (AvgIpc) is 3.01. The maximum atomic E-state index is 12.8. The summed E-state index contributed by atoms with van der Waals surface area (Å²) >= 11 is 0. The van der Waals surface area contributed by atoms with E-state index >= 15 is 0 Å². The smallest absolute Gasteiger partial charge is 0.410 e. The van der Waals surface area contributed by atoms with Gasteiger partial charge in [-0.15, -0.1) is 0 Å². The predicted molar refractivity (Wildman–Crippen MR) is 88.1 cm³/mol. The van der Waals surface area contributed by atoms with Gasteiger partial charge in [0.15, 0.2) is 5.78 Å². The Morgan fingerprint density at radius 1 is 1.17 bits per heavy atom. The number of benzene rings is 1. The summed E-state index contributed by atoms with van der Waals surface area (Å²) in [5.41, 5.74) is 0.0847. The Morgan fingerprint density at radius 3 is 2.46 bits per heavy atom. The van der Waals surface area contributed by atoms with E-state index in [0.717, 1.165) is 6.42 Å². The molecule has 0 saturated carbocycles. The summed E-state index contributed by atoms with van der Waals surface area (Å²) in [6.45, 7) is 5.86. The van der Waals surface area contributed by atoms with Crippen LogP contribution in [-0.2, 0) is 9.47 Å². The Kier molecular flexibility index (Phi) is 5.26. The molecule has 6 heteroatoms. The van der Waals surface area contributed by atoms with Gasteiger partial charge in [0, 0.05) is 12.1 Å². The third-order valence-electron chi connectivity index (χ3n) is 3.75. The third-order valence-corrected chi connectivity index (χ3v) is 3.75. The van der Waals surface area contributed by atoms with E-state index in [0.29, 0.717) is 24.1 Å². The van der Waals surface area contributed by atoms with Crippen molar-refractivity contribution in [1.29, 1.82) is 0 Å². The maximum absolute atomic E-state index is 12.8. The fourth-order valence-electron chi connectivity index (χ4n) is 2.69. The number of carbonyl (C=O) groups excluding carboxylic acids is 3. The molecular formula is C18H23NO5. The van der Waals surface area contributed by atoms with Gasteiger partial charge < -0.3 is 9.47 Å². The highest BCUT2D eigenvalue weighted by atomic mass is 16.6. The first-order chi connectivity index (χ1) is 11.2. The molecule has 0 spiro atoms. The van der Waals surface area contributed by atoms with Gasteiger partial charge in [-0.05, 0) is 45.7 Å². The molecule has 0 aromatic heterocycles. The molecule has 6 nitrogen and oxygen atoms in total. The van der Waals surface area contributed by atoms with E-state index in [-0.39, 0.29) is 5.78 Å². The van der Waals surface area contributed by atoms with Crippen LogP contribution in [-0.4, -0.2) is 48.0 Å². The monoisotopic (exact) mass is 333 g/mol. The highest BCUT2D eigenvalue weighted by molar-refractivity contribution is 6.03. The van der Waals surface area contributed by atoms with Crippen molar-refractivity contribution in [1.82, 2.24) is 4.90 Å². The molecule has 0 radical (unpaired) electrons. The van der Waals surface area contributed by atoms with Crippen molar-refractivity contribution in [3.05, 3.63) is 35.4 Å². The van der Waals surface area contributed by atoms with Crippen LogP contribution in [0.15, 0.2) is 24.3 Å². The van der Waals surface area contributed by atoms with E-state index in [9.17, 15) is 14.4 Å². The molecule has 1 aliphatic rings. The van der Waals surface area contributed by atoms with Crippen molar-refractivity contribution in [2.24, 2.45) is 0 Å². The molecule has 0 aliphatic carbocycles. The van der Waals surface area contributed by atoms with Crippen LogP contribution in [0, 0.1) is 0 Å². The second kappa shape index (κ2) is 7.03. The molecule has 24 heavy (non-hydrogen) atoms. The SMILES string of the molecule is COC(=O)c1cccc(C(=O)C2CCCN2C(=O)OC(C)(C)C)c1. The minimum atomic E-state index is -0.613. The van der Waals surface area contributed by atoms with Crippen molar-refractivity contribution in [2.45, 2.75) is 45.3 Å². The molecule has 130 valence electrons. The number of ketones is 1. The van der Waals surface area contributed by atoms with Crippen LogP contribution in [0.2, 0.25) is 0 Å². The van der Waals surface area contributed by atoms with E-state index in [1.165, 1.54) is 18.1 Å². The number of nitrogens with zero attached hydrogens (tertiary/aromatic N) is 1. The quantitative estimate of drug-likeness (QED) is 0.628. The number of ether oxygens (including phenoxy) is 2. The molecule has 1 saturated heterocycles. The minimum absolute atomic E-state index is 0.191. The Morgan fingerprint density at radius 2 is 1.83 bits per heavy atom. The predicted octanol–water partition coefficient (Wildman–Crippen LogP) is 3.06. The highest BCUT2D eigenvalue weighted by Gasteiger charge is 2.37. The largest absolute Gasteiger partial charge is 0.465 e. The van der Waals surface area contributed by atoms with E-state index in [1.807, 2.05) is 0 Å². The molecule has 0 N–H and O–H groups in total. The molecule has 1 unspecified atom stereocenters. The average molecular weight is 333 g/mol. The van der Waals surface area contributed by atoms with Gasteiger partial charge in [0.25, 0.3) is 0 Å². The fourth-order valence-corrected chi connectivity index (χ4v) is 2.69. The Balaban J connectivity index is 2.19. The summed E-state index contributed by atoms with van der Waals surface area (Å²) in [6, 6.07) is 5.79. The summed E-state index contributed by atoms with van der Waals surface area (Å²) in [7, 11) is 1.29. The lowest BCUT2D eigenvalue weighted by atomic mass is 10.0. The van der Waals surface area contributed by atoms with Crippen LogP contribution < -0.4 is 0 Å². The molecule has 2 rings (SSSR count). The fraction of sp³-hybridized carbons (Fsp3) is 0.500. The topological polar surface area (TPSA) is 72.9 Å². The lowest BCUT2D eigenvalue weighted by Crippen LogP contribution is -2.43. The summed E-state index contributed by atoms with van der Waals surface area (Å²) in [4.78, 5) is 38.2. The number of Topliss-reactive ketones (excluding diaryl/α,β-unsaturated/α-hetero) is 1. The summed E-state index contributed by atoms with van der Waals surface area (Å²) in [5.74, 6) is -0.691. The molecule has 1 aromatic carbocycles. The molecular weight excluding hydrogens is 310 g/mol. The second-order valence-electron chi connectivity index (χ2n) is 6.77. The zero-order valence-corrected chi connectivity index (χ0v) is 14.5. The number of hydrogen-bond acceptors (Lipinski definition) is 5. The first kappa shape index (κ1) is 18.0. The Bertz CT molecular complexity index is 647. The van der Waals surface area contributed by atoms with Crippen molar-refractivity contribution in [2.75, 3.05) is 13.7 Å². The van der Waals surface area contributed by atoms with Crippen molar-refractivity contribution in [3.8, 4) is 0 Å². The molecule has 1 atom stereocenters. The van der Waals surface area contributed by atoms with Crippen LogP contribution in [0.5, 0.6) is 0 Å². The van der Waals surface area contributed by atoms with Gasteiger partial charge in [0.1, 0.15) is 5.60 Å². The highest BCUT2D eigenvalue weighted by Crippen LogP contribution is 2.24. The molecule has 1 aliphatic heterocycles. The van der Waals surface area contributed by atoms with E-state index in [1.54, 1.807) is 39.0 Å². The molecule has 1 aromatic rings. The number of esters is 1. The maximum Gasteiger partial charge on any atom is 0.410 e. The summed E-state index contributed by atoms with van der Waals surface area (Å²) < 4.78 is 10.1. The van der Waals surface area contributed by atoms with E-state index in [2.05, 4.69) is 4.74 Å². The zero-order chi connectivity index (χ0) is 17.9. The number of carbonyl (C=O) groups is 3. The Hall–Kier alpha value is -2.37. The summed E-state index contributed by atoms with van der Waals surface area (Å²) in [5, 5.41) is 0. The molecule has 1 amide bonds. The van der Waals surface area contributed by atoms with Gasteiger partial charge in [-0.1, -0.05) is 12.1 Å². The standard InChI is InChI=1S/C18H23NO5/c1-18(2,3)24-17(22)19-10-6-9-14(19)15(20)12-7-5-8-13(11-12)16(21)23-4/h5,7-8,11,14H,6,9-10H2,1-4H3. The molecule has 0 bridgehead atoms. The van der Waals surface area contributed by atoms with Crippen LogP contribution in [0.1, 0.15) is 54.3 Å². The van der Waals surface area contributed by atoms with E-state index in [4.69, 9.17) is 4.74 Å². The number of methoxy groups -OCH3 is 1. The van der Waals surface area contributed by atoms with Crippen LogP contribution in [0.25, 0.3) is 0 Å². The molecule has 1 heterocycles. The first-order valence-electron chi connectivity index (χ1n) is 7.95. The number of hydrogen-bond donors (Lipinski definition) is 0. The van der Waals surface area contributed by atoms with Gasteiger partial charge in [0.05, 0.1) is 18.7 Å². The second-order valence-corrected chi connectivity index (χ2v) is 6.77. The Labute approximate surface area is 141 Å². The van der Waals surface area contributed by atoms with Gasteiger partial charge >= 0.3 is 12.1 Å². The lowest BCUT2D eigenvalue weighted by molar-refractivity contribution is 0.0222. The summed E-state index contributed by atoms with van der Waals surface area (Å²) in [6.07, 6.45) is 0.842. The van der Waals surface area contributed by atoms with E-state index < -0.39 is 23.7 Å². The lowest BCUT2D eigenvalue weighted by Gasteiger charge is -2.28. The van der Waals surface area contributed by atoms with Gasteiger partial charge in [0.2, 0.25) is 0 Å². The van der Waals surface area contributed by atoms with Gasteiger partial charge in [-0.2, -0.15) is 0 Å². The van der Waals surface area contributed by atoms with Gasteiger partial charge in [-0.25, -0.2) is 9.59 Å². The van der Waals surface area contributed by atoms with Gasteiger partial charge in [-0.3, -0.25) is 9.69 Å². The zero-order valence-electron chi connectivity index (χ0n) is 14.5. The minimum Gasteiger partial charge on any atom is -0.465 e. The normalized spacial score (nSPS) is 17.5. The molecule has 1 fully saturated rings. The number of likely N-dealkylation sites (tertiary alicyclic amines) is 1. The van der Waals surface area contributed by atoms with Crippen molar-refractivity contribution >= 4 is 17.8 Å². The number of amides is 1.